The van der Waals surface area contributed by atoms with Gasteiger partial charge in [0.1, 0.15) is 5.65 Å². The maximum absolute atomic E-state index is 12.4. The zero-order valence-electron chi connectivity index (χ0n) is 14.7. The fourth-order valence-corrected chi connectivity index (χ4v) is 3.29. The molecule has 3 aromatic rings. The third-order valence-electron chi connectivity index (χ3n) is 4.78. The van der Waals surface area contributed by atoms with E-state index in [2.05, 4.69) is 14.3 Å². The summed E-state index contributed by atoms with van der Waals surface area (Å²) >= 11 is 0. The first-order valence-corrected chi connectivity index (χ1v) is 8.95. The largest absolute Gasteiger partial charge is 0.337 e. The molecule has 4 rings (SSSR count). The SMILES string of the molecule is O=C(/C=C/c1ccccc1)N1CCN(Cc2cnc3ccccn23)CC1. The molecule has 0 radical (unpaired) electrons. The smallest absolute Gasteiger partial charge is 0.246 e. The van der Waals surface area contributed by atoms with Crippen LogP contribution in [-0.4, -0.2) is 51.3 Å². The number of carbonyl (C=O) groups excluding carboxylic acids is 1. The molecule has 1 saturated heterocycles. The van der Waals surface area contributed by atoms with Crippen molar-refractivity contribution in [2.45, 2.75) is 6.54 Å². The summed E-state index contributed by atoms with van der Waals surface area (Å²) in [6.45, 7) is 4.13. The van der Waals surface area contributed by atoms with Crippen LogP contribution in [0.3, 0.4) is 0 Å². The minimum Gasteiger partial charge on any atom is -0.337 e. The van der Waals surface area contributed by atoms with Crippen LogP contribution in [0.1, 0.15) is 11.3 Å². The van der Waals surface area contributed by atoms with E-state index in [9.17, 15) is 4.79 Å². The summed E-state index contributed by atoms with van der Waals surface area (Å²) < 4.78 is 2.13. The van der Waals surface area contributed by atoms with Gasteiger partial charge in [-0.05, 0) is 23.8 Å². The highest BCUT2D eigenvalue weighted by atomic mass is 16.2. The Balaban J connectivity index is 1.32. The molecule has 3 heterocycles. The summed E-state index contributed by atoms with van der Waals surface area (Å²) in [7, 11) is 0. The lowest BCUT2D eigenvalue weighted by Gasteiger charge is -2.34. The second kappa shape index (κ2) is 7.54. The summed E-state index contributed by atoms with van der Waals surface area (Å²) in [5, 5.41) is 0. The lowest BCUT2D eigenvalue weighted by Crippen LogP contribution is -2.47. The molecule has 0 atom stereocenters. The Bertz CT molecular complexity index is 908. The number of carbonyl (C=O) groups is 1. The minimum atomic E-state index is 0.0864. The van der Waals surface area contributed by atoms with Crippen molar-refractivity contribution < 1.29 is 4.79 Å². The number of imidazole rings is 1. The van der Waals surface area contributed by atoms with Gasteiger partial charge in [-0.15, -0.1) is 0 Å². The number of hydrogen-bond donors (Lipinski definition) is 0. The molecule has 26 heavy (non-hydrogen) atoms. The maximum atomic E-state index is 12.4. The Morgan fingerprint density at radius 3 is 2.58 bits per heavy atom. The Morgan fingerprint density at radius 1 is 1.00 bits per heavy atom. The Labute approximate surface area is 153 Å². The molecule has 132 valence electrons. The second-order valence-corrected chi connectivity index (χ2v) is 6.52. The Hall–Kier alpha value is -2.92. The molecule has 1 amide bonds. The van der Waals surface area contributed by atoms with Crippen molar-refractivity contribution in [3.63, 3.8) is 0 Å². The molecule has 0 aliphatic carbocycles. The number of pyridine rings is 1. The van der Waals surface area contributed by atoms with Crippen LogP contribution in [0.5, 0.6) is 0 Å². The van der Waals surface area contributed by atoms with Crippen LogP contribution in [0, 0.1) is 0 Å². The van der Waals surface area contributed by atoms with E-state index in [-0.39, 0.29) is 5.91 Å². The van der Waals surface area contributed by atoms with Crippen molar-refractivity contribution in [2.24, 2.45) is 0 Å². The predicted molar refractivity (Wildman–Crippen MR) is 103 cm³/mol. The summed E-state index contributed by atoms with van der Waals surface area (Å²) in [6, 6.07) is 16.0. The van der Waals surface area contributed by atoms with Crippen LogP contribution in [0.25, 0.3) is 11.7 Å². The number of benzene rings is 1. The van der Waals surface area contributed by atoms with E-state index in [0.29, 0.717) is 0 Å². The van der Waals surface area contributed by atoms with Crippen LogP contribution >= 0.6 is 0 Å². The zero-order valence-corrected chi connectivity index (χ0v) is 14.7. The fraction of sp³-hybridized carbons (Fsp3) is 0.238. The van der Waals surface area contributed by atoms with Crippen molar-refractivity contribution in [3.8, 4) is 0 Å². The molecule has 1 aliphatic rings. The number of aromatic nitrogens is 2. The van der Waals surface area contributed by atoms with Crippen molar-refractivity contribution in [2.75, 3.05) is 26.2 Å². The predicted octanol–water partition coefficient (Wildman–Crippen LogP) is 2.69. The van der Waals surface area contributed by atoms with Gasteiger partial charge in [0.25, 0.3) is 0 Å². The monoisotopic (exact) mass is 346 g/mol. The third kappa shape index (κ3) is 3.68. The number of piperazine rings is 1. The first-order chi connectivity index (χ1) is 12.8. The number of hydrogen-bond acceptors (Lipinski definition) is 3. The van der Waals surface area contributed by atoms with Crippen LogP contribution in [0.15, 0.2) is 67.0 Å². The molecule has 1 aromatic carbocycles. The van der Waals surface area contributed by atoms with Crippen molar-refractivity contribution in [3.05, 3.63) is 78.3 Å². The van der Waals surface area contributed by atoms with E-state index in [4.69, 9.17) is 0 Å². The molecule has 0 spiro atoms. The maximum Gasteiger partial charge on any atom is 0.246 e. The van der Waals surface area contributed by atoms with E-state index in [1.165, 1.54) is 5.69 Å². The average molecular weight is 346 g/mol. The molecule has 2 aromatic heterocycles. The van der Waals surface area contributed by atoms with Crippen LogP contribution in [-0.2, 0) is 11.3 Å². The van der Waals surface area contributed by atoms with Crippen LogP contribution in [0.2, 0.25) is 0 Å². The molecule has 0 N–H and O–H groups in total. The summed E-state index contributed by atoms with van der Waals surface area (Å²) in [5.74, 6) is 0.0864. The van der Waals surface area contributed by atoms with E-state index in [1.54, 1.807) is 6.08 Å². The fourth-order valence-electron chi connectivity index (χ4n) is 3.29. The Kier molecular flexibility index (Phi) is 4.80. The zero-order chi connectivity index (χ0) is 17.8. The number of fused-ring (bicyclic) bond motifs is 1. The topological polar surface area (TPSA) is 40.9 Å². The van der Waals surface area contributed by atoms with Crippen molar-refractivity contribution in [1.82, 2.24) is 19.2 Å². The molecule has 1 aliphatic heterocycles. The van der Waals surface area contributed by atoms with Gasteiger partial charge in [-0.2, -0.15) is 0 Å². The Morgan fingerprint density at radius 2 is 1.77 bits per heavy atom. The quantitative estimate of drug-likeness (QED) is 0.682. The highest BCUT2D eigenvalue weighted by Gasteiger charge is 2.20. The first kappa shape index (κ1) is 16.5. The van der Waals surface area contributed by atoms with E-state index in [1.807, 2.05) is 71.9 Å². The van der Waals surface area contributed by atoms with Gasteiger partial charge in [0.05, 0.1) is 11.9 Å². The lowest BCUT2D eigenvalue weighted by molar-refractivity contribution is -0.127. The highest BCUT2D eigenvalue weighted by Crippen LogP contribution is 2.12. The third-order valence-corrected chi connectivity index (χ3v) is 4.78. The summed E-state index contributed by atoms with van der Waals surface area (Å²) in [4.78, 5) is 21.1. The first-order valence-electron chi connectivity index (χ1n) is 8.95. The molecule has 5 heteroatoms. The molecule has 5 nitrogen and oxygen atoms in total. The summed E-state index contributed by atoms with van der Waals surface area (Å²) in [6.07, 6.45) is 7.55. The molecule has 0 unspecified atom stereocenters. The van der Waals surface area contributed by atoms with Gasteiger partial charge >= 0.3 is 0 Å². The van der Waals surface area contributed by atoms with Gasteiger partial charge in [0.2, 0.25) is 5.91 Å². The minimum absolute atomic E-state index is 0.0864. The van der Waals surface area contributed by atoms with Crippen molar-refractivity contribution in [1.29, 1.82) is 0 Å². The number of amides is 1. The molecular weight excluding hydrogens is 324 g/mol. The highest BCUT2D eigenvalue weighted by molar-refractivity contribution is 5.91. The molecular formula is C21H22N4O. The van der Waals surface area contributed by atoms with Gasteiger partial charge < -0.3 is 9.30 Å². The van der Waals surface area contributed by atoms with Crippen LogP contribution < -0.4 is 0 Å². The average Bonchev–Trinajstić information content (AvgIpc) is 3.10. The molecule has 0 bridgehead atoms. The second-order valence-electron chi connectivity index (χ2n) is 6.52. The number of rotatable bonds is 4. The van der Waals surface area contributed by atoms with Crippen LogP contribution in [0.4, 0.5) is 0 Å². The van der Waals surface area contributed by atoms with Gasteiger partial charge in [-0.25, -0.2) is 4.98 Å². The van der Waals surface area contributed by atoms with Gasteiger partial charge in [0.15, 0.2) is 0 Å². The normalized spacial score (nSPS) is 15.8. The number of nitrogens with zero attached hydrogens (tertiary/aromatic N) is 4. The standard InChI is InChI=1S/C21H22N4O/c26-21(10-9-18-6-2-1-3-7-18)24-14-12-23(13-15-24)17-19-16-22-20-8-4-5-11-25(19)20/h1-11,16H,12-15,17H2/b10-9+. The van der Waals surface area contributed by atoms with Gasteiger partial charge in [-0.1, -0.05) is 36.4 Å². The van der Waals surface area contributed by atoms with Gasteiger partial charge in [-0.3, -0.25) is 9.69 Å². The molecule has 0 saturated carbocycles. The molecule has 1 fully saturated rings. The van der Waals surface area contributed by atoms with E-state index >= 15 is 0 Å². The van der Waals surface area contributed by atoms with Crippen molar-refractivity contribution >= 4 is 17.6 Å². The lowest BCUT2D eigenvalue weighted by atomic mass is 10.2. The van der Waals surface area contributed by atoms with Gasteiger partial charge in [0, 0.05) is 45.0 Å². The van der Waals surface area contributed by atoms with E-state index in [0.717, 1.165) is 43.9 Å². The van der Waals surface area contributed by atoms with E-state index < -0.39 is 0 Å². The summed E-state index contributed by atoms with van der Waals surface area (Å²) in [5.41, 5.74) is 3.21.